The molecule has 4 aromatic rings. The van der Waals surface area contributed by atoms with E-state index in [9.17, 15) is 9.90 Å². The van der Waals surface area contributed by atoms with Crippen molar-refractivity contribution >= 4 is 5.97 Å². The van der Waals surface area contributed by atoms with E-state index < -0.39 is 5.97 Å². The fraction of sp³-hybridized carbons (Fsp3) is 0.0400. The Hall–Kier alpha value is -3.96. The average molecular weight is 396 g/mol. The number of carboxylic acid groups (broad SMARTS) is 1. The summed E-state index contributed by atoms with van der Waals surface area (Å²) < 4.78 is 5.98. The van der Waals surface area contributed by atoms with Crippen LogP contribution in [0.15, 0.2) is 91.0 Å². The first kappa shape index (κ1) is 19.4. The van der Waals surface area contributed by atoms with Crippen LogP contribution in [-0.2, 0) is 6.54 Å². The van der Waals surface area contributed by atoms with Crippen molar-refractivity contribution in [3.05, 3.63) is 102 Å². The van der Waals surface area contributed by atoms with Gasteiger partial charge < -0.3 is 15.6 Å². The van der Waals surface area contributed by atoms with Crippen molar-refractivity contribution in [1.82, 2.24) is 4.98 Å². The fourth-order valence-electron chi connectivity index (χ4n) is 3.25. The van der Waals surface area contributed by atoms with Crippen LogP contribution in [0.2, 0.25) is 0 Å². The zero-order chi connectivity index (χ0) is 20.9. The van der Waals surface area contributed by atoms with Gasteiger partial charge in [0.05, 0.1) is 11.3 Å². The van der Waals surface area contributed by atoms with Gasteiger partial charge in [0.15, 0.2) is 0 Å². The van der Waals surface area contributed by atoms with Crippen LogP contribution in [0, 0.1) is 0 Å². The molecule has 3 aromatic carbocycles. The summed E-state index contributed by atoms with van der Waals surface area (Å²) in [6.07, 6.45) is 0. The van der Waals surface area contributed by atoms with E-state index in [1.54, 1.807) is 42.5 Å². The van der Waals surface area contributed by atoms with Crippen LogP contribution in [0.5, 0.6) is 11.6 Å². The van der Waals surface area contributed by atoms with E-state index in [4.69, 9.17) is 10.5 Å². The van der Waals surface area contributed by atoms with E-state index in [0.717, 1.165) is 16.7 Å². The Balaban J connectivity index is 1.63. The fourth-order valence-corrected chi connectivity index (χ4v) is 3.25. The Morgan fingerprint density at radius 1 is 0.867 bits per heavy atom. The normalized spacial score (nSPS) is 10.6. The van der Waals surface area contributed by atoms with Crippen molar-refractivity contribution in [2.45, 2.75) is 6.54 Å². The molecule has 0 amide bonds. The number of rotatable bonds is 6. The van der Waals surface area contributed by atoms with Crippen molar-refractivity contribution in [3.63, 3.8) is 0 Å². The maximum atomic E-state index is 11.5. The number of hydrogen-bond acceptors (Lipinski definition) is 4. The van der Waals surface area contributed by atoms with E-state index in [0.29, 0.717) is 29.4 Å². The van der Waals surface area contributed by atoms with Gasteiger partial charge in [-0.15, -0.1) is 0 Å². The maximum Gasteiger partial charge on any atom is 0.336 e. The molecule has 4 rings (SSSR count). The van der Waals surface area contributed by atoms with Crippen molar-refractivity contribution in [1.29, 1.82) is 0 Å². The van der Waals surface area contributed by atoms with Gasteiger partial charge in [0.1, 0.15) is 5.75 Å². The Bertz CT molecular complexity index is 1200. The molecule has 0 aliphatic heterocycles. The van der Waals surface area contributed by atoms with E-state index in [-0.39, 0.29) is 5.56 Å². The minimum absolute atomic E-state index is 0.198. The summed E-state index contributed by atoms with van der Waals surface area (Å²) in [5.41, 5.74) is 10.2. The molecule has 0 radical (unpaired) electrons. The molecule has 0 aliphatic rings. The lowest BCUT2D eigenvalue weighted by Gasteiger charge is -2.10. The third-order valence-electron chi connectivity index (χ3n) is 4.71. The first-order valence-corrected chi connectivity index (χ1v) is 9.51. The van der Waals surface area contributed by atoms with Crippen molar-refractivity contribution in [2.24, 2.45) is 5.73 Å². The molecule has 0 bridgehead atoms. The maximum absolute atomic E-state index is 11.5. The van der Waals surface area contributed by atoms with Gasteiger partial charge in [0.25, 0.3) is 0 Å². The molecule has 0 atom stereocenters. The lowest BCUT2D eigenvalue weighted by atomic mass is 10.0. The van der Waals surface area contributed by atoms with E-state index >= 15 is 0 Å². The van der Waals surface area contributed by atoms with E-state index in [1.807, 2.05) is 42.5 Å². The van der Waals surface area contributed by atoms with Crippen LogP contribution in [0.1, 0.15) is 15.9 Å². The number of ether oxygens (including phenoxy) is 1. The zero-order valence-corrected chi connectivity index (χ0v) is 16.2. The summed E-state index contributed by atoms with van der Waals surface area (Å²) in [6, 6.07) is 27.9. The van der Waals surface area contributed by atoms with Gasteiger partial charge in [-0.05, 0) is 47.0 Å². The van der Waals surface area contributed by atoms with Crippen LogP contribution >= 0.6 is 0 Å². The lowest BCUT2D eigenvalue weighted by Crippen LogP contribution is -2.00. The number of carbonyl (C=O) groups is 1. The Morgan fingerprint density at radius 3 is 2.40 bits per heavy atom. The highest BCUT2D eigenvalue weighted by atomic mass is 16.5. The van der Waals surface area contributed by atoms with E-state index in [2.05, 4.69) is 11.1 Å². The first-order chi connectivity index (χ1) is 14.6. The highest BCUT2D eigenvalue weighted by Crippen LogP contribution is 2.29. The van der Waals surface area contributed by atoms with Crippen LogP contribution in [0.25, 0.3) is 22.4 Å². The number of hydrogen-bond donors (Lipinski definition) is 2. The van der Waals surface area contributed by atoms with Crippen LogP contribution < -0.4 is 10.5 Å². The van der Waals surface area contributed by atoms with Gasteiger partial charge in [-0.2, -0.15) is 0 Å². The van der Waals surface area contributed by atoms with Gasteiger partial charge in [0.2, 0.25) is 5.88 Å². The molecule has 0 saturated carbocycles. The summed E-state index contributed by atoms with van der Waals surface area (Å²) in [5.74, 6) is 0.0357. The zero-order valence-electron chi connectivity index (χ0n) is 16.2. The highest BCUT2D eigenvalue weighted by Gasteiger charge is 2.12. The largest absolute Gasteiger partial charge is 0.478 e. The quantitative estimate of drug-likeness (QED) is 0.458. The number of aromatic carboxylic acids is 1. The molecule has 5 nitrogen and oxygen atoms in total. The second kappa shape index (κ2) is 8.59. The average Bonchev–Trinajstić information content (AvgIpc) is 2.79. The third kappa shape index (κ3) is 4.21. The van der Waals surface area contributed by atoms with E-state index in [1.165, 1.54) is 0 Å². The van der Waals surface area contributed by atoms with Crippen LogP contribution in [0.4, 0.5) is 0 Å². The number of benzene rings is 3. The molecule has 0 fully saturated rings. The van der Waals surface area contributed by atoms with Crippen molar-refractivity contribution in [3.8, 4) is 34.0 Å². The molecule has 148 valence electrons. The monoisotopic (exact) mass is 396 g/mol. The number of aromatic nitrogens is 1. The number of carboxylic acids is 1. The standard InChI is InChI=1S/C25H20N2O3/c26-16-17-6-3-7-18(14-17)19-8-4-9-20(15-19)30-24-13-5-12-23(27-24)21-10-1-2-11-22(21)25(28)29/h1-15H,16,26H2,(H,28,29). The van der Waals surface area contributed by atoms with Crippen LogP contribution in [-0.4, -0.2) is 16.1 Å². The van der Waals surface area contributed by atoms with Gasteiger partial charge in [-0.1, -0.05) is 54.6 Å². The van der Waals surface area contributed by atoms with Crippen LogP contribution in [0.3, 0.4) is 0 Å². The molecule has 5 heteroatoms. The molecular formula is C25H20N2O3. The molecule has 0 saturated heterocycles. The predicted molar refractivity (Wildman–Crippen MR) is 116 cm³/mol. The number of pyridine rings is 1. The molecule has 30 heavy (non-hydrogen) atoms. The SMILES string of the molecule is NCc1cccc(-c2cccc(Oc3cccc(-c4ccccc4C(=O)O)n3)c2)c1. The topological polar surface area (TPSA) is 85.4 Å². The Morgan fingerprint density at radius 2 is 1.60 bits per heavy atom. The van der Waals surface area contributed by atoms with Crippen molar-refractivity contribution in [2.75, 3.05) is 0 Å². The molecule has 3 N–H and O–H groups in total. The molecule has 0 aliphatic carbocycles. The smallest absolute Gasteiger partial charge is 0.336 e. The van der Waals surface area contributed by atoms with Gasteiger partial charge in [-0.3, -0.25) is 0 Å². The first-order valence-electron chi connectivity index (χ1n) is 9.51. The molecule has 0 spiro atoms. The number of nitrogens with zero attached hydrogens (tertiary/aromatic N) is 1. The lowest BCUT2D eigenvalue weighted by molar-refractivity contribution is 0.0697. The minimum Gasteiger partial charge on any atom is -0.478 e. The van der Waals surface area contributed by atoms with Gasteiger partial charge in [0, 0.05) is 18.2 Å². The minimum atomic E-state index is -0.994. The molecular weight excluding hydrogens is 376 g/mol. The summed E-state index contributed by atoms with van der Waals surface area (Å²) in [5, 5.41) is 9.44. The number of nitrogens with two attached hydrogens (primary N) is 1. The summed E-state index contributed by atoms with van der Waals surface area (Å²) >= 11 is 0. The predicted octanol–water partition coefficient (Wildman–Crippen LogP) is 5.36. The van der Waals surface area contributed by atoms with Gasteiger partial charge >= 0.3 is 5.97 Å². The second-order valence-electron chi connectivity index (χ2n) is 6.75. The summed E-state index contributed by atoms with van der Waals surface area (Å²) in [7, 11) is 0. The summed E-state index contributed by atoms with van der Waals surface area (Å²) in [6.45, 7) is 0.485. The molecule has 0 unspecified atom stereocenters. The van der Waals surface area contributed by atoms with Crippen molar-refractivity contribution < 1.29 is 14.6 Å². The molecule has 1 heterocycles. The Labute approximate surface area is 174 Å². The molecule has 1 aromatic heterocycles. The summed E-state index contributed by atoms with van der Waals surface area (Å²) in [4.78, 5) is 16.0. The third-order valence-corrected chi connectivity index (χ3v) is 4.71. The highest BCUT2D eigenvalue weighted by molar-refractivity contribution is 5.95. The Kier molecular flexibility index (Phi) is 5.54. The van der Waals surface area contributed by atoms with Gasteiger partial charge in [-0.25, -0.2) is 9.78 Å². The second-order valence-corrected chi connectivity index (χ2v) is 6.75.